The molecule has 0 fully saturated rings. The van der Waals surface area contributed by atoms with Crippen LogP contribution in [0.5, 0.6) is 5.75 Å². The third kappa shape index (κ3) is 6.22. The van der Waals surface area contributed by atoms with Gasteiger partial charge in [-0.15, -0.1) is 0 Å². The minimum Gasteiger partial charge on any atom is -0.484 e. The average Bonchev–Trinajstić information content (AvgIpc) is 2.35. The van der Waals surface area contributed by atoms with Gasteiger partial charge in [-0.3, -0.25) is 10.1 Å². The van der Waals surface area contributed by atoms with E-state index >= 15 is 0 Å². The molecule has 5 nitrogen and oxygen atoms in total. The van der Waals surface area contributed by atoms with Crippen molar-refractivity contribution in [2.24, 2.45) is 0 Å². The summed E-state index contributed by atoms with van der Waals surface area (Å²) >= 11 is 0. The van der Waals surface area contributed by atoms with Crippen molar-refractivity contribution in [2.45, 2.75) is 33.6 Å². The number of rotatable bonds is 6. The van der Waals surface area contributed by atoms with E-state index in [0.717, 1.165) is 24.0 Å². The van der Waals surface area contributed by atoms with Crippen LogP contribution in [-0.2, 0) is 4.79 Å². The lowest BCUT2D eigenvalue weighted by atomic mass is 10.1. The van der Waals surface area contributed by atoms with Crippen molar-refractivity contribution in [1.82, 2.24) is 10.6 Å². The molecule has 0 bridgehead atoms. The molecule has 110 valence electrons. The maximum absolute atomic E-state index is 11.5. The Morgan fingerprint density at radius 2 is 1.80 bits per heavy atom. The van der Waals surface area contributed by atoms with Gasteiger partial charge in [-0.1, -0.05) is 19.4 Å². The van der Waals surface area contributed by atoms with Gasteiger partial charge in [-0.25, -0.2) is 4.79 Å². The number of unbranched alkanes of at least 4 members (excludes halogenated alkanes) is 1. The Balaban J connectivity index is 2.34. The summed E-state index contributed by atoms with van der Waals surface area (Å²) in [7, 11) is 0. The van der Waals surface area contributed by atoms with Crippen molar-refractivity contribution < 1.29 is 14.3 Å². The van der Waals surface area contributed by atoms with Gasteiger partial charge in [0, 0.05) is 6.54 Å². The standard InChI is InChI=1S/C15H22N2O3/c1-4-5-6-16-15(19)17-14(18)10-20-13-8-11(2)7-12(3)9-13/h7-9H,4-6,10H2,1-3H3,(H2,16,17,18,19). The summed E-state index contributed by atoms with van der Waals surface area (Å²) in [5.41, 5.74) is 2.13. The monoisotopic (exact) mass is 278 g/mol. The number of hydrogen-bond donors (Lipinski definition) is 2. The van der Waals surface area contributed by atoms with Gasteiger partial charge in [0.1, 0.15) is 5.75 Å². The van der Waals surface area contributed by atoms with Crippen LogP contribution < -0.4 is 15.4 Å². The number of urea groups is 1. The Morgan fingerprint density at radius 3 is 2.40 bits per heavy atom. The van der Waals surface area contributed by atoms with Crippen LogP contribution in [0.25, 0.3) is 0 Å². The zero-order chi connectivity index (χ0) is 15.0. The molecule has 2 N–H and O–H groups in total. The second-order valence-electron chi connectivity index (χ2n) is 4.77. The predicted molar refractivity (Wildman–Crippen MR) is 77.9 cm³/mol. The van der Waals surface area contributed by atoms with Crippen LogP contribution in [0.2, 0.25) is 0 Å². The van der Waals surface area contributed by atoms with Crippen LogP contribution in [0, 0.1) is 13.8 Å². The van der Waals surface area contributed by atoms with Gasteiger partial charge in [-0.05, 0) is 43.5 Å². The van der Waals surface area contributed by atoms with Gasteiger partial charge in [-0.2, -0.15) is 0 Å². The molecule has 0 aliphatic carbocycles. The van der Waals surface area contributed by atoms with Crippen molar-refractivity contribution in [3.8, 4) is 5.75 Å². The molecule has 1 aromatic carbocycles. The first kappa shape index (κ1) is 16.0. The summed E-state index contributed by atoms with van der Waals surface area (Å²) in [5, 5.41) is 4.83. The van der Waals surface area contributed by atoms with E-state index in [2.05, 4.69) is 10.6 Å². The average molecular weight is 278 g/mol. The Bertz CT molecular complexity index is 452. The van der Waals surface area contributed by atoms with E-state index in [1.807, 2.05) is 39.0 Å². The third-order valence-electron chi connectivity index (χ3n) is 2.63. The first-order valence-corrected chi connectivity index (χ1v) is 6.80. The topological polar surface area (TPSA) is 67.4 Å². The molecule has 0 atom stereocenters. The van der Waals surface area contributed by atoms with Gasteiger partial charge in [0.05, 0.1) is 0 Å². The highest BCUT2D eigenvalue weighted by Crippen LogP contribution is 2.15. The van der Waals surface area contributed by atoms with Crippen molar-refractivity contribution >= 4 is 11.9 Å². The summed E-state index contributed by atoms with van der Waals surface area (Å²) in [6.45, 7) is 6.34. The third-order valence-corrected chi connectivity index (χ3v) is 2.63. The van der Waals surface area contributed by atoms with E-state index in [4.69, 9.17) is 4.74 Å². The van der Waals surface area contributed by atoms with Crippen molar-refractivity contribution in [3.63, 3.8) is 0 Å². The van der Waals surface area contributed by atoms with Crippen molar-refractivity contribution in [3.05, 3.63) is 29.3 Å². The van der Waals surface area contributed by atoms with E-state index in [-0.39, 0.29) is 6.61 Å². The fourth-order valence-corrected chi connectivity index (χ4v) is 1.75. The molecule has 0 spiro atoms. The molecule has 20 heavy (non-hydrogen) atoms. The molecule has 0 saturated carbocycles. The van der Waals surface area contributed by atoms with E-state index in [1.54, 1.807) is 0 Å². The zero-order valence-corrected chi connectivity index (χ0v) is 12.3. The molecule has 0 unspecified atom stereocenters. The highest BCUT2D eigenvalue weighted by molar-refractivity contribution is 5.94. The summed E-state index contributed by atoms with van der Waals surface area (Å²) in [6, 6.07) is 5.24. The second-order valence-corrected chi connectivity index (χ2v) is 4.77. The molecule has 0 aliphatic heterocycles. The zero-order valence-electron chi connectivity index (χ0n) is 12.3. The SMILES string of the molecule is CCCCNC(=O)NC(=O)COc1cc(C)cc(C)c1. The normalized spacial score (nSPS) is 9.95. The summed E-state index contributed by atoms with van der Waals surface area (Å²) in [5.74, 6) is 0.169. The van der Waals surface area contributed by atoms with Crippen LogP contribution in [0.3, 0.4) is 0 Å². The minimum absolute atomic E-state index is 0.176. The number of hydrogen-bond acceptors (Lipinski definition) is 3. The van der Waals surface area contributed by atoms with E-state index in [0.29, 0.717) is 12.3 Å². The highest BCUT2D eigenvalue weighted by Gasteiger charge is 2.08. The van der Waals surface area contributed by atoms with Crippen LogP contribution in [-0.4, -0.2) is 25.1 Å². The van der Waals surface area contributed by atoms with Crippen LogP contribution in [0.4, 0.5) is 4.79 Å². The maximum Gasteiger partial charge on any atom is 0.321 e. The molecule has 1 rings (SSSR count). The number of benzene rings is 1. The van der Waals surface area contributed by atoms with Gasteiger partial charge < -0.3 is 10.1 Å². The number of carbonyl (C=O) groups is 2. The largest absolute Gasteiger partial charge is 0.484 e. The lowest BCUT2D eigenvalue weighted by Crippen LogP contribution is -2.41. The molecule has 0 saturated heterocycles. The first-order chi connectivity index (χ1) is 9.51. The van der Waals surface area contributed by atoms with Crippen molar-refractivity contribution in [1.29, 1.82) is 0 Å². The molecular formula is C15H22N2O3. The molecule has 5 heteroatoms. The highest BCUT2D eigenvalue weighted by atomic mass is 16.5. The summed E-state index contributed by atoms with van der Waals surface area (Å²) in [6.07, 6.45) is 1.88. The lowest BCUT2D eigenvalue weighted by Gasteiger charge is -2.09. The number of aryl methyl sites for hydroxylation is 2. The molecule has 0 radical (unpaired) electrons. The van der Waals surface area contributed by atoms with Gasteiger partial charge in [0.25, 0.3) is 5.91 Å². The first-order valence-electron chi connectivity index (χ1n) is 6.80. The molecule has 0 heterocycles. The van der Waals surface area contributed by atoms with Gasteiger partial charge >= 0.3 is 6.03 Å². The van der Waals surface area contributed by atoms with Crippen molar-refractivity contribution in [2.75, 3.05) is 13.2 Å². The van der Waals surface area contributed by atoms with E-state index in [9.17, 15) is 9.59 Å². The fraction of sp³-hybridized carbons (Fsp3) is 0.467. The molecule has 1 aromatic rings. The Kier molecular flexibility index (Phi) is 6.56. The molecule has 0 aliphatic rings. The van der Waals surface area contributed by atoms with Crippen LogP contribution in [0.15, 0.2) is 18.2 Å². The van der Waals surface area contributed by atoms with Crippen LogP contribution in [0.1, 0.15) is 30.9 Å². The number of nitrogens with one attached hydrogen (secondary N) is 2. The Labute approximate surface area is 119 Å². The Morgan fingerprint density at radius 1 is 1.15 bits per heavy atom. The number of carbonyl (C=O) groups excluding carboxylic acids is 2. The van der Waals surface area contributed by atoms with Gasteiger partial charge in [0.2, 0.25) is 0 Å². The molecule has 3 amide bonds. The molecular weight excluding hydrogens is 256 g/mol. The lowest BCUT2D eigenvalue weighted by molar-refractivity contribution is -0.122. The predicted octanol–water partition coefficient (Wildman–Crippen LogP) is 2.31. The summed E-state index contributed by atoms with van der Waals surface area (Å²) in [4.78, 5) is 22.9. The summed E-state index contributed by atoms with van der Waals surface area (Å²) < 4.78 is 5.36. The smallest absolute Gasteiger partial charge is 0.321 e. The van der Waals surface area contributed by atoms with E-state index in [1.165, 1.54) is 0 Å². The number of amides is 3. The van der Waals surface area contributed by atoms with Crippen LogP contribution >= 0.6 is 0 Å². The van der Waals surface area contributed by atoms with Gasteiger partial charge in [0.15, 0.2) is 6.61 Å². The number of ether oxygens (including phenoxy) is 1. The quantitative estimate of drug-likeness (QED) is 0.785. The maximum atomic E-state index is 11.5. The number of imide groups is 1. The fourth-order valence-electron chi connectivity index (χ4n) is 1.75. The molecule has 0 aromatic heterocycles. The minimum atomic E-state index is -0.479. The second kappa shape index (κ2) is 8.19. The van der Waals surface area contributed by atoms with E-state index < -0.39 is 11.9 Å². The Hall–Kier alpha value is -2.04.